The van der Waals surface area contributed by atoms with E-state index in [4.69, 9.17) is 4.42 Å². The summed E-state index contributed by atoms with van der Waals surface area (Å²) in [6, 6.07) is 13.0. The van der Waals surface area contributed by atoms with Gasteiger partial charge in [0, 0.05) is 12.6 Å². The number of aliphatic hydroxyl groups is 1. The number of benzene rings is 1. The van der Waals surface area contributed by atoms with Crippen LogP contribution in [0.25, 0.3) is 0 Å². The Morgan fingerprint density at radius 1 is 1.17 bits per heavy atom. The maximum Gasteiger partial charge on any atom is 0.318 e. The highest BCUT2D eigenvalue weighted by Crippen LogP contribution is 2.17. The number of rotatable bonds is 7. The van der Waals surface area contributed by atoms with Crippen LogP contribution in [0.2, 0.25) is 0 Å². The summed E-state index contributed by atoms with van der Waals surface area (Å²) < 4.78 is 5.24. The molecular weight excluding hydrogens is 304 g/mol. The van der Waals surface area contributed by atoms with Crippen LogP contribution in [-0.4, -0.2) is 28.6 Å². The SMILES string of the molecule is CC(C)C(C)NC(=O)N(Cc1ccccc1)CC(O)c1ccco1. The number of carbonyl (C=O) groups is 1. The van der Waals surface area contributed by atoms with Crippen molar-refractivity contribution in [1.82, 2.24) is 10.2 Å². The molecule has 0 spiro atoms. The second-order valence-electron chi connectivity index (χ2n) is 6.38. The number of nitrogens with one attached hydrogen (secondary N) is 1. The van der Waals surface area contributed by atoms with E-state index in [1.165, 1.54) is 6.26 Å². The number of amides is 2. The van der Waals surface area contributed by atoms with Gasteiger partial charge in [-0.3, -0.25) is 0 Å². The van der Waals surface area contributed by atoms with Crippen molar-refractivity contribution >= 4 is 6.03 Å². The van der Waals surface area contributed by atoms with E-state index in [9.17, 15) is 9.90 Å². The van der Waals surface area contributed by atoms with Gasteiger partial charge < -0.3 is 19.7 Å². The third kappa shape index (κ3) is 5.13. The fourth-order valence-electron chi connectivity index (χ4n) is 2.26. The molecule has 24 heavy (non-hydrogen) atoms. The summed E-state index contributed by atoms with van der Waals surface area (Å²) in [7, 11) is 0. The molecule has 2 N–H and O–H groups in total. The second-order valence-corrected chi connectivity index (χ2v) is 6.38. The Morgan fingerprint density at radius 3 is 2.46 bits per heavy atom. The first-order valence-electron chi connectivity index (χ1n) is 8.28. The van der Waals surface area contributed by atoms with Crippen LogP contribution in [0.3, 0.4) is 0 Å². The van der Waals surface area contributed by atoms with E-state index in [1.807, 2.05) is 37.3 Å². The Balaban J connectivity index is 2.09. The zero-order chi connectivity index (χ0) is 17.5. The molecule has 2 aromatic rings. The molecule has 0 radical (unpaired) electrons. The minimum Gasteiger partial charge on any atom is -0.467 e. The number of aliphatic hydroxyl groups excluding tert-OH is 1. The summed E-state index contributed by atoms with van der Waals surface area (Å²) in [5.74, 6) is 0.792. The van der Waals surface area contributed by atoms with Crippen LogP contribution in [-0.2, 0) is 6.54 Å². The van der Waals surface area contributed by atoms with Crippen molar-refractivity contribution in [2.75, 3.05) is 6.54 Å². The van der Waals surface area contributed by atoms with Crippen molar-refractivity contribution < 1.29 is 14.3 Å². The Kier molecular flexibility index (Phi) is 6.44. The lowest BCUT2D eigenvalue weighted by molar-refractivity contribution is 0.0997. The van der Waals surface area contributed by atoms with E-state index >= 15 is 0 Å². The number of hydrogen-bond acceptors (Lipinski definition) is 3. The zero-order valence-electron chi connectivity index (χ0n) is 14.5. The molecule has 0 aliphatic heterocycles. The Labute approximate surface area is 143 Å². The van der Waals surface area contributed by atoms with Crippen molar-refractivity contribution in [1.29, 1.82) is 0 Å². The Hall–Kier alpha value is -2.27. The smallest absolute Gasteiger partial charge is 0.318 e. The minimum atomic E-state index is -0.858. The summed E-state index contributed by atoms with van der Waals surface area (Å²) in [5, 5.41) is 13.3. The molecule has 2 rings (SSSR count). The predicted molar refractivity (Wildman–Crippen MR) is 93.4 cm³/mol. The molecule has 0 saturated carbocycles. The molecule has 0 aliphatic rings. The van der Waals surface area contributed by atoms with Crippen LogP contribution >= 0.6 is 0 Å². The molecule has 2 amide bonds. The van der Waals surface area contributed by atoms with Crippen molar-refractivity contribution in [3.8, 4) is 0 Å². The van der Waals surface area contributed by atoms with Crippen molar-refractivity contribution in [2.45, 2.75) is 39.5 Å². The van der Waals surface area contributed by atoms with Crippen LogP contribution in [0.15, 0.2) is 53.1 Å². The highest BCUT2D eigenvalue weighted by molar-refractivity contribution is 5.74. The molecular formula is C19H26N2O3. The fraction of sp³-hybridized carbons (Fsp3) is 0.421. The van der Waals surface area contributed by atoms with E-state index in [-0.39, 0.29) is 18.6 Å². The first kappa shape index (κ1) is 18.1. The third-order valence-electron chi connectivity index (χ3n) is 4.12. The highest BCUT2D eigenvalue weighted by Gasteiger charge is 2.22. The molecule has 1 aromatic heterocycles. The van der Waals surface area contributed by atoms with Crippen LogP contribution in [0.4, 0.5) is 4.79 Å². The van der Waals surface area contributed by atoms with Gasteiger partial charge in [0.2, 0.25) is 0 Å². The lowest BCUT2D eigenvalue weighted by atomic mass is 10.1. The van der Waals surface area contributed by atoms with Gasteiger partial charge in [0.1, 0.15) is 11.9 Å². The number of hydrogen-bond donors (Lipinski definition) is 2. The molecule has 1 aromatic carbocycles. The van der Waals surface area contributed by atoms with Gasteiger partial charge in [0.05, 0.1) is 12.8 Å². The summed E-state index contributed by atoms with van der Waals surface area (Å²) in [6.07, 6.45) is 0.657. The highest BCUT2D eigenvalue weighted by atomic mass is 16.4. The molecule has 2 unspecified atom stereocenters. The first-order valence-corrected chi connectivity index (χ1v) is 8.28. The normalized spacial score (nSPS) is 13.5. The molecule has 5 nitrogen and oxygen atoms in total. The number of urea groups is 1. The van der Waals surface area contributed by atoms with E-state index in [0.29, 0.717) is 18.2 Å². The summed E-state index contributed by atoms with van der Waals surface area (Å²) >= 11 is 0. The standard InChI is InChI=1S/C19H26N2O3/c1-14(2)15(3)20-19(23)21(12-16-8-5-4-6-9-16)13-17(22)18-10-7-11-24-18/h4-11,14-15,17,22H,12-13H2,1-3H3,(H,20,23). The molecule has 1 heterocycles. The van der Waals surface area contributed by atoms with Crippen LogP contribution in [0.1, 0.15) is 38.2 Å². The number of carbonyl (C=O) groups excluding carboxylic acids is 1. The van der Waals surface area contributed by atoms with Gasteiger partial charge in [-0.05, 0) is 30.5 Å². The van der Waals surface area contributed by atoms with Gasteiger partial charge in [-0.15, -0.1) is 0 Å². The summed E-state index contributed by atoms with van der Waals surface area (Å²) in [4.78, 5) is 14.3. The maximum absolute atomic E-state index is 12.6. The largest absolute Gasteiger partial charge is 0.467 e. The Bertz CT molecular complexity index is 611. The lowest BCUT2D eigenvalue weighted by Crippen LogP contribution is -2.46. The molecule has 0 bridgehead atoms. The monoisotopic (exact) mass is 330 g/mol. The third-order valence-corrected chi connectivity index (χ3v) is 4.12. The fourth-order valence-corrected chi connectivity index (χ4v) is 2.26. The van der Waals surface area contributed by atoms with Crippen molar-refractivity contribution in [3.05, 3.63) is 60.1 Å². The summed E-state index contributed by atoms with van der Waals surface area (Å²) in [5.41, 5.74) is 1.01. The Morgan fingerprint density at radius 2 is 1.88 bits per heavy atom. The van der Waals surface area contributed by atoms with Gasteiger partial charge in [0.25, 0.3) is 0 Å². The van der Waals surface area contributed by atoms with E-state index in [0.717, 1.165) is 5.56 Å². The molecule has 5 heteroatoms. The molecule has 0 aliphatic carbocycles. The van der Waals surface area contributed by atoms with E-state index < -0.39 is 6.10 Å². The number of nitrogens with zero attached hydrogens (tertiary/aromatic N) is 1. The van der Waals surface area contributed by atoms with E-state index in [2.05, 4.69) is 19.2 Å². The predicted octanol–water partition coefficient (Wildman–Crippen LogP) is 3.57. The lowest BCUT2D eigenvalue weighted by Gasteiger charge is -2.28. The number of furan rings is 1. The van der Waals surface area contributed by atoms with Gasteiger partial charge in [0.15, 0.2) is 0 Å². The van der Waals surface area contributed by atoms with E-state index in [1.54, 1.807) is 17.0 Å². The molecule has 2 atom stereocenters. The average Bonchev–Trinajstić information content (AvgIpc) is 3.09. The zero-order valence-corrected chi connectivity index (χ0v) is 14.5. The van der Waals surface area contributed by atoms with Crippen LogP contribution in [0, 0.1) is 5.92 Å². The van der Waals surface area contributed by atoms with Crippen LogP contribution < -0.4 is 5.32 Å². The van der Waals surface area contributed by atoms with Crippen LogP contribution in [0.5, 0.6) is 0 Å². The van der Waals surface area contributed by atoms with Gasteiger partial charge in [-0.2, -0.15) is 0 Å². The second kappa shape index (κ2) is 8.55. The average molecular weight is 330 g/mol. The quantitative estimate of drug-likeness (QED) is 0.815. The topological polar surface area (TPSA) is 65.7 Å². The first-order chi connectivity index (χ1) is 11.5. The van der Waals surface area contributed by atoms with Crippen molar-refractivity contribution in [2.24, 2.45) is 5.92 Å². The maximum atomic E-state index is 12.6. The van der Waals surface area contributed by atoms with Gasteiger partial charge in [-0.1, -0.05) is 44.2 Å². The van der Waals surface area contributed by atoms with Crippen molar-refractivity contribution in [3.63, 3.8) is 0 Å². The summed E-state index contributed by atoms with van der Waals surface area (Å²) in [6.45, 7) is 6.69. The molecule has 130 valence electrons. The van der Waals surface area contributed by atoms with Gasteiger partial charge in [-0.25, -0.2) is 4.79 Å². The molecule has 0 fully saturated rings. The van der Waals surface area contributed by atoms with Gasteiger partial charge >= 0.3 is 6.03 Å². The molecule has 0 saturated heterocycles. The minimum absolute atomic E-state index is 0.0523.